The van der Waals surface area contributed by atoms with Crippen LogP contribution in [0, 0.1) is 11.3 Å². The molecular weight excluding hydrogens is 156 g/mol. The molecule has 0 aliphatic heterocycles. The Morgan fingerprint density at radius 1 is 1.83 bits per heavy atom. The van der Waals surface area contributed by atoms with Gasteiger partial charge in [-0.15, -0.1) is 0 Å². The van der Waals surface area contributed by atoms with Crippen molar-refractivity contribution in [2.45, 2.75) is 25.3 Å². The monoisotopic (exact) mass is 168 g/mol. The largest absolute Gasteiger partial charge is 0.480 e. The number of allylic oxidation sites excluding steroid dienone is 1. The first kappa shape index (κ1) is 10.7. The molecule has 1 unspecified atom stereocenters. The van der Waals surface area contributed by atoms with E-state index in [4.69, 9.17) is 16.1 Å². The third-order valence-electron chi connectivity index (χ3n) is 1.35. The zero-order valence-corrected chi connectivity index (χ0v) is 6.95. The van der Waals surface area contributed by atoms with E-state index < -0.39 is 11.5 Å². The van der Waals surface area contributed by atoms with Gasteiger partial charge in [0, 0.05) is 6.42 Å². The number of unbranched alkanes of at least 4 members (excludes halogenated alkanes) is 1. The Kier molecular flexibility index (Phi) is 4.02. The van der Waals surface area contributed by atoms with E-state index in [1.165, 1.54) is 13.0 Å². The fraction of sp³-hybridized carbons (Fsp3) is 0.500. The number of hydrogen-bond acceptors (Lipinski definition) is 3. The van der Waals surface area contributed by atoms with Gasteiger partial charge in [0.25, 0.3) is 0 Å². The standard InChI is InChI=1S/C8H12N2O2/c1-8(10,7(11)12)5-3-2-4-6-9/h3,5H,2,4,10H2,1H3,(H,11,12). The van der Waals surface area contributed by atoms with Crippen LogP contribution in [-0.4, -0.2) is 16.6 Å². The minimum atomic E-state index is -1.32. The van der Waals surface area contributed by atoms with Gasteiger partial charge in [0.15, 0.2) is 0 Å². The average molecular weight is 168 g/mol. The van der Waals surface area contributed by atoms with Crippen molar-refractivity contribution in [1.29, 1.82) is 5.26 Å². The lowest BCUT2D eigenvalue weighted by molar-refractivity contribution is -0.140. The lowest BCUT2D eigenvalue weighted by atomic mass is 10.0. The summed E-state index contributed by atoms with van der Waals surface area (Å²) >= 11 is 0. The minimum absolute atomic E-state index is 0.381. The number of carbonyl (C=O) groups is 1. The summed E-state index contributed by atoms with van der Waals surface area (Å²) in [7, 11) is 0. The maximum atomic E-state index is 10.4. The molecule has 0 aromatic heterocycles. The van der Waals surface area contributed by atoms with Gasteiger partial charge in [-0.3, -0.25) is 0 Å². The Labute approximate surface area is 71.3 Å². The van der Waals surface area contributed by atoms with Crippen LogP contribution >= 0.6 is 0 Å². The summed E-state index contributed by atoms with van der Waals surface area (Å²) in [6.07, 6.45) is 3.92. The fourth-order valence-electron chi connectivity index (χ4n) is 0.547. The lowest BCUT2D eigenvalue weighted by Crippen LogP contribution is -2.42. The van der Waals surface area contributed by atoms with E-state index in [2.05, 4.69) is 0 Å². The second-order valence-electron chi connectivity index (χ2n) is 2.69. The molecule has 0 aromatic rings. The SMILES string of the molecule is CC(N)(C=CCCC#N)C(=O)O. The molecule has 0 bridgehead atoms. The molecule has 0 fully saturated rings. The van der Waals surface area contributed by atoms with Gasteiger partial charge in [-0.25, -0.2) is 4.79 Å². The van der Waals surface area contributed by atoms with Crippen LogP contribution in [0.1, 0.15) is 19.8 Å². The van der Waals surface area contributed by atoms with Crippen LogP contribution in [0.4, 0.5) is 0 Å². The van der Waals surface area contributed by atoms with Gasteiger partial charge in [0.1, 0.15) is 5.54 Å². The van der Waals surface area contributed by atoms with Gasteiger partial charge >= 0.3 is 5.97 Å². The Bertz CT molecular complexity index is 226. The minimum Gasteiger partial charge on any atom is -0.480 e. The van der Waals surface area contributed by atoms with Crippen LogP contribution in [0.2, 0.25) is 0 Å². The van der Waals surface area contributed by atoms with Crippen molar-refractivity contribution in [2.24, 2.45) is 5.73 Å². The summed E-state index contributed by atoms with van der Waals surface area (Å²) in [4.78, 5) is 10.4. The van der Waals surface area contributed by atoms with Gasteiger partial charge < -0.3 is 10.8 Å². The summed E-state index contributed by atoms with van der Waals surface area (Å²) in [5.74, 6) is -1.07. The zero-order chi connectivity index (χ0) is 9.61. The van der Waals surface area contributed by atoms with Crippen LogP contribution in [0.25, 0.3) is 0 Å². The number of carboxylic acid groups (broad SMARTS) is 1. The number of nitriles is 1. The van der Waals surface area contributed by atoms with Gasteiger partial charge in [-0.1, -0.05) is 12.2 Å². The van der Waals surface area contributed by atoms with Crippen molar-refractivity contribution in [3.05, 3.63) is 12.2 Å². The van der Waals surface area contributed by atoms with E-state index in [1.54, 1.807) is 6.08 Å². The summed E-state index contributed by atoms with van der Waals surface area (Å²) in [6, 6.07) is 1.94. The fourth-order valence-corrected chi connectivity index (χ4v) is 0.547. The average Bonchev–Trinajstić information content (AvgIpc) is 1.98. The Balaban J connectivity index is 3.98. The number of rotatable bonds is 4. The van der Waals surface area contributed by atoms with Crippen molar-refractivity contribution in [3.63, 3.8) is 0 Å². The van der Waals surface area contributed by atoms with Crippen LogP contribution in [0.15, 0.2) is 12.2 Å². The van der Waals surface area contributed by atoms with Gasteiger partial charge in [-0.05, 0) is 13.3 Å². The first-order chi connectivity index (χ1) is 5.50. The summed E-state index contributed by atoms with van der Waals surface area (Å²) in [5, 5.41) is 16.7. The highest BCUT2D eigenvalue weighted by Crippen LogP contribution is 2.02. The molecule has 0 aliphatic carbocycles. The zero-order valence-electron chi connectivity index (χ0n) is 6.95. The van der Waals surface area contributed by atoms with Crippen molar-refractivity contribution in [1.82, 2.24) is 0 Å². The topological polar surface area (TPSA) is 87.1 Å². The molecule has 0 aliphatic rings. The molecule has 0 heterocycles. The summed E-state index contributed by atoms with van der Waals surface area (Å²) in [6.45, 7) is 1.40. The van der Waals surface area contributed by atoms with E-state index in [0.29, 0.717) is 12.8 Å². The molecular formula is C8H12N2O2. The van der Waals surface area contributed by atoms with E-state index in [-0.39, 0.29) is 0 Å². The molecule has 0 radical (unpaired) electrons. The van der Waals surface area contributed by atoms with Crippen molar-refractivity contribution < 1.29 is 9.90 Å². The number of hydrogen-bond donors (Lipinski definition) is 2. The van der Waals surface area contributed by atoms with Gasteiger partial charge in [0.05, 0.1) is 6.07 Å². The summed E-state index contributed by atoms with van der Waals surface area (Å²) < 4.78 is 0. The number of nitrogens with two attached hydrogens (primary N) is 1. The van der Waals surface area contributed by atoms with Crippen molar-refractivity contribution >= 4 is 5.97 Å². The first-order valence-electron chi connectivity index (χ1n) is 3.57. The molecule has 4 heteroatoms. The van der Waals surface area contributed by atoms with Crippen LogP contribution in [-0.2, 0) is 4.79 Å². The molecule has 1 atom stereocenters. The molecule has 4 nitrogen and oxygen atoms in total. The second kappa shape index (κ2) is 4.52. The Morgan fingerprint density at radius 3 is 2.83 bits per heavy atom. The van der Waals surface area contributed by atoms with Gasteiger partial charge in [-0.2, -0.15) is 5.26 Å². The highest BCUT2D eigenvalue weighted by Gasteiger charge is 2.23. The number of aliphatic carboxylic acids is 1. The first-order valence-corrected chi connectivity index (χ1v) is 3.57. The number of nitrogens with zero attached hydrogens (tertiary/aromatic N) is 1. The number of carboxylic acids is 1. The van der Waals surface area contributed by atoms with E-state index in [9.17, 15) is 4.79 Å². The quantitative estimate of drug-likeness (QED) is 0.476. The van der Waals surface area contributed by atoms with Crippen LogP contribution in [0.3, 0.4) is 0 Å². The van der Waals surface area contributed by atoms with Crippen LogP contribution < -0.4 is 5.73 Å². The highest BCUT2D eigenvalue weighted by molar-refractivity contribution is 5.80. The summed E-state index contributed by atoms with van der Waals surface area (Å²) in [5.41, 5.74) is 4.05. The molecule has 0 spiro atoms. The molecule has 0 saturated heterocycles. The smallest absolute Gasteiger partial charge is 0.327 e. The van der Waals surface area contributed by atoms with E-state index >= 15 is 0 Å². The Morgan fingerprint density at radius 2 is 2.42 bits per heavy atom. The predicted octanol–water partition coefficient (Wildman–Crippen LogP) is 0.648. The molecule has 0 aromatic carbocycles. The molecule has 0 saturated carbocycles. The predicted molar refractivity (Wildman–Crippen MR) is 44.2 cm³/mol. The molecule has 0 rings (SSSR count). The maximum Gasteiger partial charge on any atom is 0.327 e. The second-order valence-corrected chi connectivity index (χ2v) is 2.69. The molecule has 3 N–H and O–H groups in total. The third-order valence-corrected chi connectivity index (χ3v) is 1.35. The molecule has 66 valence electrons. The maximum absolute atomic E-state index is 10.4. The third kappa shape index (κ3) is 3.74. The lowest BCUT2D eigenvalue weighted by Gasteiger charge is -2.12. The van der Waals surface area contributed by atoms with Crippen molar-refractivity contribution in [3.8, 4) is 6.07 Å². The van der Waals surface area contributed by atoms with Gasteiger partial charge in [0.2, 0.25) is 0 Å². The Hall–Kier alpha value is -1.34. The highest BCUT2D eigenvalue weighted by atomic mass is 16.4. The van der Waals surface area contributed by atoms with E-state index in [1.807, 2.05) is 6.07 Å². The van der Waals surface area contributed by atoms with Crippen molar-refractivity contribution in [2.75, 3.05) is 0 Å². The normalized spacial score (nSPS) is 15.4. The van der Waals surface area contributed by atoms with E-state index in [0.717, 1.165) is 0 Å². The molecule has 0 amide bonds. The molecule has 12 heavy (non-hydrogen) atoms. The van der Waals surface area contributed by atoms with Crippen LogP contribution in [0.5, 0.6) is 0 Å².